The molecule has 2 unspecified atom stereocenters. The molecule has 1 saturated heterocycles. The van der Waals surface area contributed by atoms with Gasteiger partial charge in [-0.05, 0) is 17.0 Å². The maximum Gasteiger partial charge on any atom is 0.317 e. The molecule has 1 aliphatic heterocycles. The zero-order chi connectivity index (χ0) is 15.4. The zero-order valence-corrected chi connectivity index (χ0v) is 12.9. The number of carbonyl (C=O) groups excluding carboxylic acids is 1. The molecular formula is C19H22N2O. The Hall–Kier alpha value is -2.29. The number of hydrogen-bond donors (Lipinski definition) is 1. The molecule has 3 nitrogen and oxygen atoms in total. The van der Waals surface area contributed by atoms with Crippen LogP contribution in [0.4, 0.5) is 4.79 Å². The Morgan fingerprint density at radius 2 is 1.68 bits per heavy atom. The van der Waals surface area contributed by atoms with E-state index in [9.17, 15) is 4.79 Å². The van der Waals surface area contributed by atoms with Crippen LogP contribution in [-0.2, 0) is 6.54 Å². The highest BCUT2D eigenvalue weighted by molar-refractivity contribution is 5.74. The average molecular weight is 294 g/mol. The summed E-state index contributed by atoms with van der Waals surface area (Å²) in [7, 11) is 0. The monoisotopic (exact) mass is 294 g/mol. The second-order valence-corrected chi connectivity index (χ2v) is 6.04. The Balaban J connectivity index is 1.58. The Kier molecular flexibility index (Phi) is 4.42. The number of likely N-dealkylation sites (tertiary alicyclic amines) is 1. The molecule has 0 spiro atoms. The number of amides is 2. The molecule has 22 heavy (non-hydrogen) atoms. The van der Waals surface area contributed by atoms with Crippen LogP contribution in [0, 0.1) is 5.92 Å². The van der Waals surface area contributed by atoms with Crippen LogP contribution >= 0.6 is 0 Å². The van der Waals surface area contributed by atoms with E-state index in [1.54, 1.807) is 0 Å². The maximum atomic E-state index is 12.4. The van der Waals surface area contributed by atoms with Crippen molar-refractivity contribution in [2.45, 2.75) is 19.4 Å². The summed E-state index contributed by atoms with van der Waals surface area (Å²) in [4.78, 5) is 14.3. The number of rotatable bonds is 3. The van der Waals surface area contributed by atoms with Gasteiger partial charge in [-0.3, -0.25) is 0 Å². The first-order valence-corrected chi connectivity index (χ1v) is 7.85. The SMILES string of the molecule is CC1CN(C(=O)NCc2ccccc2)CC1c1ccccc1. The predicted octanol–water partition coefficient (Wildman–Crippen LogP) is 3.63. The third-order valence-electron chi connectivity index (χ3n) is 4.41. The van der Waals surface area contributed by atoms with Crippen molar-refractivity contribution in [2.75, 3.05) is 13.1 Å². The van der Waals surface area contributed by atoms with Gasteiger partial charge in [-0.2, -0.15) is 0 Å². The lowest BCUT2D eigenvalue weighted by Gasteiger charge is -2.17. The predicted molar refractivity (Wildman–Crippen MR) is 88.6 cm³/mol. The van der Waals surface area contributed by atoms with E-state index in [0.717, 1.165) is 18.7 Å². The van der Waals surface area contributed by atoms with Gasteiger partial charge in [0.1, 0.15) is 0 Å². The fraction of sp³-hybridized carbons (Fsp3) is 0.316. The summed E-state index contributed by atoms with van der Waals surface area (Å²) >= 11 is 0. The molecule has 1 heterocycles. The normalized spacial score (nSPS) is 20.9. The first-order valence-electron chi connectivity index (χ1n) is 7.85. The van der Waals surface area contributed by atoms with Gasteiger partial charge in [-0.15, -0.1) is 0 Å². The van der Waals surface area contributed by atoms with E-state index in [-0.39, 0.29) is 6.03 Å². The summed E-state index contributed by atoms with van der Waals surface area (Å²) in [5.41, 5.74) is 2.45. The molecular weight excluding hydrogens is 272 g/mol. The van der Waals surface area contributed by atoms with E-state index in [1.165, 1.54) is 5.56 Å². The Morgan fingerprint density at radius 1 is 1.05 bits per heavy atom. The molecule has 0 saturated carbocycles. The highest BCUT2D eigenvalue weighted by atomic mass is 16.2. The standard InChI is InChI=1S/C19H22N2O/c1-15-13-21(14-18(15)17-10-6-3-7-11-17)19(22)20-12-16-8-4-2-5-9-16/h2-11,15,18H,12-14H2,1H3,(H,20,22). The van der Waals surface area contributed by atoms with Gasteiger partial charge in [0.05, 0.1) is 0 Å². The number of hydrogen-bond acceptors (Lipinski definition) is 1. The Bertz CT molecular complexity index is 612. The van der Waals surface area contributed by atoms with Gasteiger partial charge in [-0.1, -0.05) is 67.6 Å². The molecule has 2 amide bonds. The van der Waals surface area contributed by atoms with Gasteiger partial charge in [0.2, 0.25) is 0 Å². The third-order valence-corrected chi connectivity index (χ3v) is 4.41. The third kappa shape index (κ3) is 3.30. The van der Waals surface area contributed by atoms with Crippen LogP contribution in [0.3, 0.4) is 0 Å². The summed E-state index contributed by atoms with van der Waals surface area (Å²) in [5, 5.41) is 3.02. The number of urea groups is 1. The van der Waals surface area contributed by atoms with Crippen LogP contribution in [0.1, 0.15) is 24.0 Å². The summed E-state index contributed by atoms with van der Waals surface area (Å²) in [6.45, 7) is 4.43. The molecule has 1 N–H and O–H groups in total. The van der Waals surface area contributed by atoms with E-state index in [0.29, 0.717) is 18.4 Å². The molecule has 0 aromatic heterocycles. The van der Waals surface area contributed by atoms with E-state index in [4.69, 9.17) is 0 Å². The molecule has 2 atom stereocenters. The zero-order valence-electron chi connectivity index (χ0n) is 12.9. The van der Waals surface area contributed by atoms with Gasteiger partial charge >= 0.3 is 6.03 Å². The first-order chi connectivity index (χ1) is 10.7. The molecule has 114 valence electrons. The summed E-state index contributed by atoms with van der Waals surface area (Å²) < 4.78 is 0. The molecule has 3 rings (SSSR count). The van der Waals surface area contributed by atoms with Crippen molar-refractivity contribution in [2.24, 2.45) is 5.92 Å². The van der Waals surface area contributed by atoms with Crippen molar-refractivity contribution in [1.82, 2.24) is 10.2 Å². The highest BCUT2D eigenvalue weighted by Gasteiger charge is 2.33. The quantitative estimate of drug-likeness (QED) is 0.921. The first kappa shape index (κ1) is 14.6. The summed E-state index contributed by atoms with van der Waals surface area (Å²) in [6, 6.07) is 20.5. The maximum absolute atomic E-state index is 12.4. The largest absolute Gasteiger partial charge is 0.334 e. The van der Waals surface area contributed by atoms with Crippen LogP contribution in [0.15, 0.2) is 60.7 Å². The van der Waals surface area contributed by atoms with Crippen LogP contribution < -0.4 is 5.32 Å². The Morgan fingerprint density at radius 3 is 2.36 bits per heavy atom. The fourth-order valence-electron chi connectivity index (χ4n) is 3.15. The van der Waals surface area contributed by atoms with Crippen molar-refractivity contribution in [1.29, 1.82) is 0 Å². The lowest BCUT2D eigenvalue weighted by molar-refractivity contribution is 0.206. The van der Waals surface area contributed by atoms with Gasteiger partial charge in [0.25, 0.3) is 0 Å². The van der Waals surface area contributed by atoms with Crippen molar-refractivity contribution in [3.05, 3.63) is 71.8 Å². The van der Waals surface area contributed by atoms with Crippen molar-refractivity contribution < 1.29 is 4.79 Å². The van der Waals surface area contributed by atoms with E-state index in [1.807, 2.05) is 41.3 Å². The Labute approximate surface area is 132 Å². The van der Waals surface area contributed by atoms with Gasteiger partial charge in [-0.25, -0.2) is 4.79 Å². The minimum absolute atomic E-state index is 0.0362. The molecule has 2 aromatic rings. The molecule has 2 aromatic carbocycles. The lowest BCUT2D eigenvalue weighted by atomic mass is 9.90. The molecule has 0 bridgehead atoms. The molecule has 0 radical (unpaired) electrons. The van der Waals surface area contributed by atoms with Crippen molar-refractivity contribution in [3.8, 4) is 0 Å². The van der Waals surface area contributed by atoms with Crippen LogP contribution in [-0.4, -0.2) is 24.0 Å². The minimum atomic E-state index is 0.0362. The van der Waals surface area contributed by atoms with E-state index >= 15 is 0 Å². The smallest absolute Gasteiger partial charge is 0.317 e. The van der Waals surface area contributed by atoms with Crippen LogP contribution in [0.5, 0.6) is 0 Å². The van der Waals surface area contributed by atoms with Gasteiger partial charge in [0.15, 0.2) is 0 Å². The molecule has 1 fully saturated rings. The minimum Gasteiger partial charge on any atom is -0.334 e. The summed E-state index contributed by atoms with van der Waals surface area (Å²) in [5.74, 6) is 0.925. The summed E-state index contributed by atoms with van der Waals surface area (Å²) in [6.07, 6.45) is 0. The second kappa shape index (κ2) is 6.65. The average Bonchev–Trinajstić information content (AvgIpc) is 2.96. The van der Waals surface area contributed by atoms with Crippen molar-refractivity contribution >= 4 is 6.03 Å². The second-order valence-electron chi connectivity index (χ2n) is 6.04. The number of benzene rings is 2. The molecule has 0 aliphatic carbocycles. The number of nitrogens with zero attached hydrogens (tertiary/aromatic N) is 1. The fourth-order valence-corrected chi connectivity index (χ4v) is 3.15. The highest BCUT2D eigenvalue weighted by Crippen LogP contribution is 2.32. The molecule has 3 heteroatoms. The van der Waals surface area contributed by atoms with E-state index < -0.39 is 0 Å². The van der Waals surface area contributed by atoms with Gasteiger partial charge in [0, 0.05) is 25.6 Å². The topological polar surface area (TPSA) is 32.3 Å². The van der Waals surface area contributed by atoms with Crippen LogP contribution in [0.2, 0.25) is 0 Å². The van der Waals surface area contributed by atoms with E-state index in [2.05, 4.69) is 36.5 Å². The van der Waals surface area contributed by atoms with Crippen LogP contribution in [0.25, 0.3) is 0 Å². The number of carbonyl (C=O) groups is 1. The van der Waals surface area contributed by atoms with Crippen molar-refractivity contribution in [3.63, 3.8) is 0 Å². The number of nitrogens with one attached hydrogen (secondary N) is 1. The molecule has 1 aliphatic rings. The van der Waals surface area contributed by atoms with Gasteiger partial charge < -0.3 is 10.2 Å². The lowest BCUT2D eigenvalue weighted by Crippen LogP contribution is -2.38.